The molecular formula is C18H17FN2O2. The van der Waals surface area contributed by atoms with E-state index in [9.17, 15) is 14.3 Å². The molecule has 0 fully saturated rings. The lowest BCUT2D eigenvalue weighted by Gasteiger charge is -2.08. The molecule has 1 aromatic carbocycles. The average molecular weight is 312 g/mol. The highest BCUT2D eigenvalue weighted by atomic mass is 19.1. The summed E-state index contributed by atoms with van der Waals surface area (Å²) in [6.45, 7) is 4.97. The van der Waals surface area contributed by atoms with Gasteiger partial charge in [-0.1, -0.05) is 12.0 Å². The molecule has 0 bridgehead atoms. The van der Waals surface area contributed by atoms with Gasteiger partial charge in [0, 0.05) is 11.3 Å². The minimum atomic E-state index is -1.10. The van der Waals surface area contributed by atoms with Gasteiger partial charge in [0.05, 0.1) is 5.56 Å². The number of pyridine rings is 1. The van der Waals surface area contributed by atoms with Gasteiger partial charge in [0.1, 0.15) is 17.1 Å². The van der Waals surface area contributed by atoms with E-state index in [1.54, 1.807) is 39.0 Å². The fourth-order valence-corrected chi connectivity index (χ4v) is 2.03. The first-order valence-electron chi connectivity index (χ1n) is 7.00. The second kappa shape index (κ2) is 6.19. The number of rotatable bonds is 2. The average Bonchev–Trinajstić information content (AvgIpc) is 2.45. The number of halogens is 1. The molecule has 5 heteroatoms. The van der Waals surface area contributed by atoms with Gasteiger partial charge in [0.15, 0.2) is 0 Å². The number of nitrogens with zero attached hydrogens (tertiary/aromatic N) is 1. The summed E-state index contributed by atoms with van der Waals surface area (Å²) in [6, 6.07) is 7.66. The first kappa shape index (κ1) is 16.7. The Morgan fingerprint density at radius 3 is 2.57 bits per heavy atom. The molecule has 0 aliphatic carbocycles. The molecule has 1 heterocycles. The number of aryl methyl sites for hydroxylation is 1. The van der Waals surface area contributed by atoms with Crippen LogP contribution in [0.2, 0.25) is 0 Å². The molecule has 3 N–H and O–H groups in total. The molecule has 0 saturated heterocycles. The van der Waals surface area contributed by atoms with Crippen molar-refractivity contribution in [1.82, 2.24) is 4.98 Å². The van der Waals surface area contributed by atoms with Crippen LogP contribution in [-0.2, 0) is 0 Å². The van der Waals surface area contributed by atoms with Crippen molar-refractivity contribution in [2.75, 3.05) is 0 Å². The highest BCUT2D eigenvalue weighted by Gasteiger charge is 2.12. The lowest BCUT2D eigenvalue weighted by atomic mass is 10.0. The smallest absolute Gasteiger partial charge is 0.251 e. The summed E-state index contributed by atoms with van der Waals surface area (Å²) < 4.78 is 13.6. The first-order chi connectivity index (χ1) is 10.7. The van der Waals surface area contributed by atoms with Gasteiger partial charge in [-0.2, -0.15) is 0 Å². The fourth-order valence-electron chi connectivity index (χ4n) is 2.03. The standard InChI is InChI=1S/C18H17FN2O2/c1-11-14(6-5-13(21-11)8-9-18(2,3)23)12-4-7-16(19)15(10-12)17(20)22/h4-7,10,23H,1-3H3,(H2,20,22). The molecule has 4 nitrogen and oxygen atoms in total. The number of amides is 1. The molecular weight excluding hydrogens is 295 g/mol. The number of benzene rings is 1. The van der Waals surface area contributed by atoms with E-state index in [-0.39, 0.29) is 5.56 Å². The molecule has 0 saturated carbocycles. The van der Waals surface area contributed by atoms with Crippen LogP contribution in [0.5, 0.6) is 0 Å². The Bertz CT molecular complexity index is 827. The normalized spacial score (nSPS) is 10.8. The molecule has 23 heavy (non-hydrogen) atoms. The number of aromatic nitrogens is 1. The molecule has 0 unspecified atom stereocenters. The van der Waals surface area contributed by atoms with Crippen LogP contribution < -0.4 is 5.73 Å². The van der Waals surface area contributed by atoms with E-state index in [1.807, 2.05) is 0 Å². The van der Waals surface area contributed by atoms with Crippen LogP contribution >= 0.6 is 0 Å². The first-order valence-corrected chi connectivity index (χ1v) is 7.00. The molecule has 0 aliphatic rings. The predicted molar refractivity (Wildman–Crippen MR) is 86.1 cm³/mol. The number of primary amides is 1. The van der Waals surface area contributed by atoms with Crippen molar-refractivity contribution in [3.8, 4) is 23.0 Å². The van der Waals surface area contributed by atoms with Crippen LogP contribution in [0.25, 0.3) is 11.1 Å². The van der Waals surface area contributed by atoms with E-state index in [2.05, 4.69) is 16.8 Å². The number of aliphatic hydroxyl groups is 1. The van der Waals surface area contributed by atoms with Gasteiger partial charge in [-0.05, 0) is 56.5 Å². The Kier molecular flexibility index (Phi) is 4.48. The second-order valence-electron chi connectivity index (χ2n) is 5.70. The minimum Gasteiger partial charge on any atom is -0.378 e. The van der Waals surface area contributed by atoms with Crippen molar-refractivity contribution in [3.05, 3.63) is 53.1 Å². The van der Waals surface area contributed by atoms with Crippen LogP contribution in [0.15, 0.2) is 30.3 Å². The van der Waals surface area contributed by atoms with E-state index >= 15 is 0 Å². The Morgan fingerprint density at radius 2 is 2.00 bits per heavy atom. The molecule has 1 amide bonds. The number of carbonyl (C=O) groups is 1. The monoisotopic (exact) mass is 312 g/mol. The van der Waals surface area contributed by atoms with Crippen molar-refractivity contribution in [1.29, 1.82) is 0 Å². The Labute approximate surface area is 134 Å². The Balaban J connectivity index is 2.44. The van der Waals surface area contributed by atoms with Crippen molar-refractivity contribution in [3.63, 3.8) is 0 Å². The topological polar surface area (TPSA) is 76.2 Å². The zero-order valence-electron chi connectivity index (χ0n) is 13.1. The van der Waals surface area contributed by atoms with Gasteiger partial charge in [0.25, 0.3) is 5.91 Å². The van der Waals surface area contributed by atoms with Gasteiger partial charge < -0.3 is 10.8 Å². The van der Waals surface area contributed by atoms with Crippen LogP contribution in [0, 0.1) is 24.6 Å². The minimum absolute atomic E-state index is 0.159. The number of hydrogen-bond donors (Lipinski definition) is 2. The van der Waals surface area contributed by atoms with Crippen LogP contribution in [-0.4, -0.2) is 21.6 Å². The second-order valence-corrected chi connectivity index (χ2v) is 5.70. The molecule has 0 atom stereocenters. The Hall–Kier alpha value is -2.71. The third-order valence-corrected chi connectivity index (χ3v) is 3.13. The van der Waals surface area contributed by atoms with Crippen LogP contribution in [0.1, 0.15) is 35.6 Å². The molecule has 2 rings (SSSR count). The molecule has 0 aliphatic heterocycles. The third-order valence-electron chi connectivity index (χ3n) is 3.13. The summed E-state index contributed by atoms with van der Waals surface area (Å²) >= 11 is 0. The highest BCUT2D eigenvalue weighted by molar-refractivity contribution is 5.94. The number of carbonyl (C=O) groups excluding carboxylic acids is 1. The highest BCUT2D eigenvalue weighted by Crippen LogP contribution is 2.24. The van der Waals surface area contributed by atoms with Crippen molar-refractivity contribution < 1.29 is 14.3 Å². The third kappa shape index (κ3) is 4.15. The molecule has 0 spiro atoms. The SMILES string of the molecule is Cc1nc(C#CC(C)(C)O)ccc1-c1ccc(F)c(C(N)=O)c1. The van der Waals surface area contributed by atoms with Crippen LogP contribution in [0.3, 0.4) is 0 Å². The quantitative estimate of drug-likeness (QED) is 0.836. The lowest BCUT2D eigenvalue weighted by molar-refractivity contribution is 0.0996. The van der Waals surface area contributed by atoms with Gasteiger partial charge >= 0.3 is 0 Å². The summed E-state index contributed by atoms with van der Waals surface area (Å²) in [4.78, 5) is 15.6. The summed E-state index contributed by atoms with van der Waals surface area (Å²) in [6.07, 6.45) is 0. The number of nitrogens with two attached hydrogens (primary N) is 1. The summed E-state index contributed by atoms with van der Waals surface area (Å²) in [5.41, 5.74) is 6.50. The maximum Gasteiger partial charge on any atom is 0.251 e. The van der Waals surface area contributed by atoms with Gasteiger partial charge in [-0.25, -0.2) is 9.37 Å². The van der Waals surface area contributed by atoms with Crippen LogP contribution in [0.4, 0.5) is 4.39 Å². The van der Waals surface area contributed by atoms with E-state index in [0.29, 0.717) is 17.0 Å². The van der Waals surface area contributed by atoms with Crippen molar-refractivity contribution in [2.24, 2.45) is 5.73 Å². The van der Waals surface area contributed by atoms with Gasteiger partial charge in [0.2, 0.25) is 0 Å². The van der Waals surface area contributed by atoms with Crippen molar-refractivity contribution in [2.45, 2.75) is 26.4 Å². The van der Waals surface area contributed by atoms with Gasteiger partial charge in [-0.3, -0.25) is 4.79 Å². The van der Waals surface area contributed by atoms with Crippen molar-refractivity contribution >= 4 is 5.91 Å². The maximum absolute atomic E-state index is 13.6. The van der Waals surface area contributed by atoms with E-state index in [0.717, 1.165) is 5.56 Å². The summed E-state index contributed by atoms with van der Waals surface area (Å²) in [7, 11) is 0. The van der Waals surface area contributed by atoms with E-state index in [1.165, 1.54) is 12.1 Å². The fraction of sp³-hybridized carbons (Fsp3) is 0.222. The van der Waals surface area contributed by atoms with Gasteiger partial charge in [-0.15, -0.1) is 0 Å². The van der Waals surface area contributed by atoms with E-state index < -0.39 is 17.3 Å². The zero-order chi connectivity index (χ0) is 17.2. The lowest BCUT2D eigenvalue weighted by Crippen LogP contribution is -2.14. The van der Waals surface area contributed by atoms with E-state index in [4.69, 9.17) is 5.73 Å². The number of hydrogen-bond acceptors (Lipinski definition) is 3. The predicted octanol–water partition coefficient (Wildman–Crippen LogP) is 2.42. The maximum atomic E-state index is 13.6. The Morgan fingerprint density at radius 1 is 1.30 bits per heavy atom. The summed E-state index contributed by atoms with van der Waals surface area (Å²) in [5, 5.41) is 9.61. The largest absolute Gasteiger partial charge is 0.378 e. The summed E-state index contributed by atoms with van der Waals surface area (Å²) in [5.74, 6) is 4.02. The molecule has 1 aromatic heterocycles. The molecule has 0 radical (unpaired) electrons. The molecule has 2 aromatic rings. The molecule has 118 valence electrons. The zero-order valence-corrected chi connectivity index (χ0v) is 13.1.